The summed E-state index contributed by atoms with van der Waals surface area (Å²) in [5.41, 5.74) is 2.05. The molecule has 0 radical (unpaired) electrons. The highest BCUT2D eigenvalue weighted by Crippen LogP contribution is 2.32. The smallest absolute Gasteiger partial charge is 0.298 e. The number of hydrogen-bond acceptors (Lipinski definition) is 6. The Morgan fingerprint density at radius 1 is 1.29 bits per heavy atom. The van der Waals surface area contributed by atoms with Gasteiger partial charge in [0.05, 0.1) is 0 Å². The third kappa shape index (κ3) is 4.71. The van der Waals surface area contributed by atoms with E-state index in [9.17, 15) is 23.6 Å². The van der Waals surface area contributed by atoms with Crippen LogP contribution in [-0.4, -0.2) is 42.6 Å². The molecule has 31 heavy (non-hydrogen) atoms. The van der Waals surface area contributed by atoms with E-state index < -0.39 is 11.9 Å². The van der Waals surface area contributed by atoms with Crippen LogP contribution in [0.4, 0.5) is 10.1 Å². The zero-order valence-electron chi connectivity index (χ0n) is 16.9. The van der Waals surface area contributed by atoms with Crippen LogP contribution in [0.5, 0.6) is 5.75 Å². The molecule has 2 N–H and O–H groups in total. The Kier molecular flexibility index (Phi) is 6.96. The number of nitrogens with one attached hydrogen (secondary N) is 2. The van der Waals surface area contributed by atoms with Crippen LogP contribution >= 0.6 is 0 Å². The second-order valence-electron chi connectivity index (χ2n) is 6.96. The Morgan fingerprint density at radius 2 is 2.10 bits per heavy atom. The lowest BCUT2D eigenvalue weighted by molar-refractivity contribution is -0.125. The van der Waals surface area contributed by atoms with E-state index in [1.807, 2.05) is 0 Å². The molecule has 162 valence electrons. The summed E-state index contributed by atoms with van der Waals surface area (Å²) in [6, 6.07) is 8.34. The first kappa shape index (κ1) is 21.9. The molecule has 8 nitrogen and oxygen atoms in total. The average molecular weight is 427 g/mol. The molecule has 2 amide bonds. The molecule has 0 saturated carbocycles. The topological polar surface area (TPSA) is 105 Å². The Morgan fingerprint density at radius 3 is 2.81 bits per heavy atom. The van der Waals surface area contributed by atoms with Gasteiger partial charge in [0.2, 0.25) is 5.91 Å². The lowest BCUT2D eigenvalue weighted by Crippen LogP contribution is -2.46. The van der Waals surface area contributed by atoms with Gasteiger partial charge in [-0.15, -0.1) is 0 Å². The van der Waals surface area contributed by atoms with Crippen LogP contribution in [0.1, 0.15) is 34.3 Å². The molecule has 1 atom stereocenters. The van der Waals surface area contributed by atoms with E-state index in [-0.39, 0.29) is 55.5 Å². The van der Waals surface area contributed by atoms with E-state index in [2.05, 4.69) is 10.6 Å². The van der Waals surface area contributed by atoms with Crippen molar-refractivity contribution in [3.63, 3.8) is 0 Å². The normalized spacial score (nSPS) is 13.4. The van der Waals surface area contributed by atoms with Crippen LogP contribution in [0.25, 0.3) is 0 Å². The monoisotopic (exact) mass is 427 g/mol. The van der Waals surface area contributed by atoms with Crippen molar-refractivity contribution >= 4 is 30.3 Å². The van der Waals surface area contributed by atoms with Gasteiger partial charge >= 0.3 is 0 Å². The molecule has 1 heterocycles. The Bertz CT molecular complexity index is 1010. The van der Waals surface area contributed by atoms with Crippen molar-refractivity contribution in [2.75, 3.05) is 12.4 Å². The molecule has 1 aliphatic heterocycles. The number of aldehydes is 1. The van der Waals surface area contributed by atoms with E-state index in [4.69, 9.17) is 4.74 Å². The lowest BCUT2D eigenvalue weighted by Gasteiger charge is -2.25. The number of ether oxygens (including phenoxy) is 1. The average Bonchev–Trinajstić information content (AvgIpc) is 3.11. The molecular formula is C22H22FN3O5. The first-order chi connectivity index (χ1) is 15.0. The summed E-state index contributed by atoms with van der Waals surface area (Å²) in [7, 11) is 1.48. The summed E-state index contributed by atoms with van der Waals surface area (Å²) in [4.78, 5) is 48.0. The number of carbonyl (C=O) groups excluding carboxylic acids is 4. The Labute approximate surface area is 178 Å². The summed E-state index contributed by atoms with van der Waals surface area (Å²) in [6.07, 6.45) is 1.09. The minimum atomic E-state index is -0.766. The predicted octanol–water partition coefficient (Wildman–Crippen LogP) is 2.02. The molecule has 9 heteroatoms. The fraction of sp³-hybridized carbons (Fsp3) is 0.273. The highest BCUT2D eigenvalue weighted by Gasteiger charge is 2.36. The molecule has 0 aromatic heterocycles. The maximum Gasteiger partial charge on any atom is 0.298 e. The first-order valence-electron chi connectivity index (χ1n) is 9.70. The van der Waals surface area contributed by atoms with Crippen LogP contribution in [0.15, 0.2) is 36.4 Å². The minimum absolute atomic E-state index is 0.0938. The van der Waals surface area contributed by atoms with Gasteiger partial charge in [0.25, 0.3) is 12.4 Å². The summed E-state index contributed by atoms with van der Waals surface area (Å²) in [5, 5.41) is 5.66. The number of fused-ring (bicyclic) bond motifs is 1. The van der Waals surface area contributed by atoms with Crippen LogP contribution in [0.3, 0.4) is 0 Å². The maximum atomic E-state index is 14.1. The second-order valence-corrected chi connectivity index (χ2v) is 6.96. The number of hydrogen-bond donors (Lipinski definition) is 2. The van der Waals surface area contributed by atoms with E-state index in [0.717, 1.165) is 0 Å². The number of rotatable bonds is 10. The number of nitrogens with zero attached hydrogens (tertiary/aromatic N) is 1. The van der Waals surface area contributed by atoms with E-state index in [0.29, 0.717) is 23.1 Å². The fourth-order valence-corrected chi connectivity index (χ4v) is 3.60. The number of halogens is 1. The fourth-order valence-electron chi connectivity index (χ4n) is 3.60. The van der Waals surface area contributed by atoms with Crippen molar-refractivity contribution in [2.45, 2.75) is 32.0 Å². The molecule has 2 aromatic rings. The van der Waals surface area contributed by atoms with E-state index >= 15 is 0 Å². The summed E-state index contributed by atoms with van der Waals surface area (Å²) in [5.74, 6) is -0.890. The van der Waals surface area contributed by atoms with Crippen molar-refractivity contribution in [3.8, 4) is 5.75 Å². The van der Waals surface area contributed by atoms with E-state index in [1.165, 1.54) is 30.1 Å². The van der Waals surface area contributed by atoms with Crippen molar-refractivity contribution in [3.05, 3.63) is 58.9 Å². The highest BCUT2D eigenvalue weighted by atomic mass is 19.1. The number of likely N-dealkylation sites (N-methyl/N-ethyl adjacent to an activating group) is 1. The van der Waals surface area contributed by atoms with Crippen molar-refractivity contribution in [1.29, 1.82) is 0 Å². The van der Waals surface area contributed by atoms with Gasteiger partial charge in [0.1, 0.15) is 23.9 Å². The molecule has 2 aromatic carbocycles. The number of benzene rings is 2. The third-order valence-electron chi connectivity index (χ3n) is 5.15. The van der Waals surface area contributed by atoms with Gasteiger partial charge in [-0.25, -0.2) is 4.39 Å². The summed E-state index contributed by atoms with van der Waals surface area (Å²) < 4.78 is 18.9. The first-order valence-corrected chi connectivity index (χ1v) is 9.70. The van der Waals surface area contributed by atoms with E-state index in [1.54, 1.807) is 18.2 Å². The van der Waals surface area contributed by atoms with Crippen LogP contribution in [-0.2, 0) is 27.5 Å². The zero-order valence-corrected chi connectivity index (χ0v) is 16.9. The van der Waals surface area contributed by atoms with Gasteiger partial charge in [-0.1, -0.05) is 6.07 Å². The largest absolute Gasteiger partial charge is 0.429 e. The summed E-state index contributed by atoms with van der Waals surface area (Å²) in [6.45, 7) is 0.545. The molecule has 0 spiro atoms. The molecule has 1 aliphatic rings. The van der Waals surface area contributed by atoms with Crippen molar-refractivity contribution < 1.29 is 28.3 Å². The second kappa shape index (κ2) is 9.84. The maximum absolute atomic E-state index is 14.1. The van der Waals surface area contributed by atoms with Gasteiger partial charge in [0, 0.05) is 48.9 Å². The van der Waals surface area contributed by atoms with Crippen LogP contribution in [0, 0.1) is 5.82 Å². The quantitative estimate of drug-likeness (QED) is 0.562. The molecular weight excluding hydrogens is 405 g/mol. The zero-order chi connectivity index (χ0) is 22.4. The van der Waals surface area contributed by atoms with Crippen molar-refractivity contribution in [2.24, 2.45) is 0 Å². The van der Waals surface area contributed by atoms with Crippen LogP contribution in [0.2, 0.25) is 0 Å². The minimum Gasteiger partial charge on any atom is -0.429 e. The van der Waals surface area contributed by atoms with Gasteiger partial charge < -0.3 is 25.1 Å². The standard InChI is InChI=1S/C22H22FN3O5/c1-24-21(29)20(6-3-9-27)26-12-17-16(22(26)30)4-2-5-19(17)25-11-14-10-15(31-13-28)7-8-18(14)23/h2,4-5,7-10,13,20,25H,3,6,11-12H2,1H3,(H,24,29). The van der Waals surface area contributed by atoms with Gasteiger partial charge in [-0.2, -0.15) is 0 Å². The molecule has 0 fully saturated rings. The number of amides is 2. The molecule has 0 saturated heterocycles. The third-order valence-corrected chi connectivity index (χ3v) is 5.15. The Hall–Kier alpha value is -3.75. The van der Waals surface area contributed by atoms with Gasteiger partial charge in [0.15, 0.2) is 0 Å². The number of anilines is 1. The molecule has 1 unspecified atom stereocenters. The summed E-state index contributed by atoms with van der Waals surface area (Å²) >= 11 is 0. The highest BCUT2D eigenvalue weighted by molar-refractivity contribution is 6.02. The number of carbonyl (C=O) groups is 4. The lowest BCUT2D eigenvalue weighted by atomic mass is 10.1. The Balaban J connectivity index is 1.82. The van der Waals surface area contributed by atoms with Gasteiger partial charge in [-0.3, -0.25) is 14.4 Å². The molecule has 3 rings (SSSR count). The predicted molar refractivity (Wildman–Crippen MR) is 110 cm³/mol. The molecule has 0 aliphatic carbocycles. The van der Waals surface area contributed by atoms with Crippen molar-refractivity contribution in [1.82, 2.24) is 10.2 Å². The van der Waals surface area contributed by atoms with Gasteiger partial charge in [-0.05, 0) is 36.8 Å². The SMILES string of the molecule is CNC(=O)C(CCC=O)N1Cc2c(NCc3cc(OC=O)ccc3F)cccc2C1=O. The van der Waals surface area contributed by atoms with Crippen LogP contribution < -0.4 is 15.4 Å². The molecule has 0 bridgehead atoms.